The monoisotopic (exact) mass is 293 g/mol. The van der Waals surface area contributed by atoms with Gasteiger partial charge in [-0.15, -0.1) is 0 Å². The third kappa shape index (κ3) is 4.34. The van der Waals surface area contributed by atoms with Crippen molar-refractivity contribution in [2.75, 3.05) is 5.75 Å². The number of rotatable bonds is 5. The first-order valence-electron chi connectivity index (χ1n) is 5.98. The van der Waals surface area contributed by atoms with Crippen molar-refractivity contribution < 1.29 is 17.7 Å². The number of ether oxygens (including phenoxy) is 1. The molecule has 6 heteroatoms. The van der Waals surface area contributed by atoms with E-state index >= 15 is 0 Å². The summed E-state index contributed by atoms with van der Waals surface area (Å²) in [5.41, 5.74) is 6.33. The molecular formula is C14H15NO4S. The van der Waals surface area contributed by atoms with E-state index in [0.29, 0.717) is 17.1 Å². The Hall–Kier alpha value is -1.89. The quantitative estimate of drug-likeness (QED) is 0.826. The van der Waals surface area contributed by atoms with Crippen molar-refractivity contribution in [2.24, 2.45) is 5.73 Å². The first-order chi connectivity index (χ1) is 9.44. The van der Waals surface area contributed by atoms with Crippen molar-refractivity contribution in [1.29, 1.82) is 0 Å². The fourth-order valence-electron chi connectivity index (χ4n) is 1.76. The van der Waals surface area contributed by atoms with E-state index in [-0.39, 0.29) is 0 Å². The third-order valence-electron chi connectivity index (χ3n) is 2.66. The first kappa shape index (κ1) is 14.5. The molecule has 20 heavy (non-hydrogen) atoms. The van der Waals surface area contributed by atoms with Crippen LogP contribution in [0.25, 0.3) is 0 Å². The van der Waals surface area contributed by atoms with E-state index in [1.165, 1.54) is 0 Å². The van der Waals surface area contributed by atoms with Gasteiger partial charge in [0, 0.05) is 6.04 Å². The van der Waals surface area contributed by atoms with Crippen LogP contribution in [-0.2, 0) is 10.1 Å². The molecule has 1 unspecified atom stereocenters. The van der Waals surface area contributed by atoms with Gasteiger partial charge in [-0.05, 0) is 29.8 Å². The lowest BCUT2D eigenvalue weighted by molar-refractivity contribution is 0.474. The van der Waals surface area contributed by atoms with E-state index in [1.54, 1.807) is 24.3 Å². The zero-order valence-corrected chi connectivity index (χ0v) is 11.5. The zero-order chi connectivity index (χ0) is 14.6. The van der Waals surface area contributed by atoms with Crippen LogP contribution in [0.1, 0.15) is 11.6 Å². The molecule has 0 aliphatic carbocycles. The summed E-state index contributed by atoms with van der Waals surface area (Å²) < 4.78 is 36.1. The van der Waals surface area contributed by atoms with Gasteiger partial charge in [0.25, 0.3) is 10.1 Å². The minimum absolute atomic E-state index is 0.526. The molecule has 0 aromatic heterocycles. The Morgan fingerprint density at radius 2 is 1.70 bits per heavy atom. The van der Waals surface area contributed by atoms with E-state index in [2.05, 4.69) is 0 Å². The van der Waals surface area contributed by atoms with Gasteiger partial charge in [0.15, 0.2) is 0 Å². The fraction of sp³-hybridized carbons (Fsp3) is 0.143. The number of hydrogen-bond donors (Lipinski definition) is 2. The summed E-state index contributed by atoms with van der Waals surface area (Å²) in [5.74, 6) is 0.703. The maximum absolute atomic E-state index is 10.8. The summed E-state index contributed by atoms with van der Waals surface area (Å²) in [6.45, 7) is 0. The number of benzene rings is 2. The molecule has 0 aliphatic rings. The molecule has 2 aromatic carbocycles. The Bertz CT molecular complexity index is 671. The normalized spacial score (nSPS) is 12.9. The van der Waals surface area contributed by atoms with Crippen LogP contribution in [0, 0.1) is 0 Å². The van der Waals surface area contributed by atoms with Crippen LogP contribution in [-0.4, -0.2) is 18.7 Å². The van der Waals surface area contributed by atoms with Crippen LogP contribution in [0.15, 0.2) is 54.6 Å². The predicted molar refractivity (Wildman–Crippen MR) is 76.3 cm³/mol. The summed E-state index contributed by atoms with van der Waals surface area (Å²) in [6.07, 6.45) is 0. The summed E-state index contributed by atoms with van der Waals surface area (Å²) in [4.78, 5) is 0. The Labute approximate surface area is 117 Å². The lowest BCUT2D eigenvalue weighted by Gasteiger charge is -2.12. The Balaban J connectivity index is 2.16. The molecule has 2 rings (SSSR count). The average Bonchev–Trinajstić information content (AvgIpc) is 2.38. The summed E-state index contributed by atoms with van der Waals surface area (Å²) >= 11 is 0. The van der Waals surface area contributed by atoms with Gasteiger partial charge in [-0.3, -0.25) is 4.55 Å². The lowest BCUT2D eigenvalue weighted by Crippen LogP contribution is -2.21. The minimum Gasteiger partial charge on any atom is -0.457 e. The van der Waals surface area contributed by atoms with Crippen molar-refractivity contribution in [3.05, 3.63) is 60.2 Å². The summed E-state index contributed by atoms with van der Waals surface area (Å²) in [5, 5.41) is 0. The first-order valence-corrected chi connectivity index (χ1v) is 7.58. The summed E-state index contributed by atoms with van der Waals surface area (Å²) in [7, 11) is -4.11. The summed E-state index contributed by atoms with van der Waals surface area (Å²) in [6, 6.07) is 15.2. The van der Waals surface area contributed by atoms with E-state index in [0.717, 1.165) is 0 Å². The second kappa shape index (κ2) is 6.04. The van der Waals surface area contributed by atoms with Crippen molar-refractivity contribution in [3.63, 3.8) is 0 Å². The fourth-order valence-corrected chi connectivity index (χ4v) is 2.40. The Morgan fingerprint density at radius 1 is 1.05 bits per heavy atom. The molecular weight excluding hydrogens is 278 g/mol. The number of nitrogens with two attached hydrogens (primary N) is 1. The Morgan fingerprint density at radius 3 is 2.35 bits per heavy atom. The van der Waals surface area contributed by atoms with Crippen molar-refractivity contribution in [2.45, 2.75) is 6.04 Å². The molecule has 0 fully saturated rings. The van der Waals surface area contributed by atoms with Crippen molar-refractivity contribution >= 4 is 10.1 Å². The van der Waals surface area contributed by atoms with Crippen molar-refractivity contribution in [3.8, 4) is 11.5 Å². The van der Waals surface area contributed by atoms with Crippen LogP contribution in [0.2, 0.25) is 0 Å². The van der Waals surface area contributed by atoms with E-state index in [4.69, 9.17) is 15.0 Å². The SMILES string of the molecule is NC(CS(=O)(=O)O)c1cccc(Oc2ccccc2)c1. The largest absolute Gasteiger partial charge is 0.457 e. The number of hydrogen-bond acceptors (Lipinski definition) is 4. The zero-order valence-electron chi connectivity index (χ0n) is 10.6. The molecule has 0 aliphatic heterocycles. The topological polar surface area (TPSA) is 89.6 Å². The molecule has 0 radical (unpaired) electrons. The molecule has 5 nitrogen and oxygen atoms in total. The molecule has 1 atom stereocenters. The molecule has 0 saturated heterocycles. The third-order valence-corrected chi connectivity index (χ3v) is 3.44. The molecule has 0 bridgehead atoms. The smallest absolute Gasteiger partial charge is 0.266 e. The minimum atomic E-state index is -4.11. The van der Waals surface area contributed by atoms with Gasteiger partial charge in [0.2, 0.25) is 0 Å². The van der Waals surface area contributed by atoms with Gasteiger partial charge < -0.3 is 10.5 Å². The van der Waals surface area contributed by atoms with Crippen LogP contribution < -0.4 is 10.5 Å². The highest BCUT2D eigenvalue weighted by atomic mass is 32.2. The lowest BCUT2D eigenvalue weighted by atomic mass is 10.1. The standard InChI is InChI=1S/C14H15NO4S/c15-14(10-20(16,17)18)11-5-4-8-13(9-11)19-12-6-2-1-3-7-12/h1-9,14H,10,15H2,(H,16,17,18). The van der Waals surface area contributed by atoms with E-state index < -0.39 is 21.9 Å². The van der Waals surface area contributed by atoms with Gasteiger partial charge in [-0.1, -0.05) is 30.3 Å². The van der Waals surface area contributed by atoms with Crippen LogP contribution in [0.3, 0.4) is 0 Å². The number of para-hydroxylation sites is 1. The van der Waals surface area contributed by atoms with Crippen LogP contribution in [0.4, 0.5) is 0 Å². The molecule has 0 spiro atoms. The van der Waals surface area contributed by atoms with E-state index in [1.807, 2.05) is 30.3 Å². The maximum Gasteiger partial charge on any atom is 0.266 e. The highest BCUT2D eigenvalue weighted by Gasteiger charge is 2.15. The second-order valence-electron chi connectivity index (χ2n) is 4.34. The van der Waals surface area contributed by atoms with Gasteiger partial charge in [0.05, 0.1) is 5.75 Å². The second-order valence-corrected chi connectivity index (χ2v) is 5.84. The Kier molecular flexibility index (Phi) is 4.39. The maximum atomic E-state index is 10.8. The molecule has 0 saturated carbocycles. The van der Waals surface area contributed by atoms with Gasteiger partial charge in [-0.25, -0.2) is 0 Å². The van der Waals surface area contributed by atoms with Crippen LogP contribution in [0.5, 0.6) is 11.5 Å². The molecule has 106 valence electrons. The molecule has 0 heterocycles. The van der Waals surface area contributed by atoms with Gasteiger partial charge in [0.1, 0.15) is 11.5 Å². The van der Waals surface area contributed by atoms with Crippen molar-refractivity contribution in [1.82, 2.24) is 0 Å². The molecule has 0 amide bonds. The highest BCUT2D eigenvalue weighted by molar-refractivity contribution is 7.85. The van der Waals surface area contributed by atoms with Gasteiger partial charge >= 0.3 is 0 Å². The highest BCUT2D eigenvalue weighted by Crippen LogP contribution is 2.24. The predicted octanol–water partition coefficient (Wildman–Crippen LogP) is 2.37. The van der Waals surface area contributed by atoms with Crippen LogP contribution >= 0.6 is 0 Å². The average molecular weight is 293 g/mol. The molecule has 2 aromatic rings. The molecule has 3 N–H and O–H groups in total. The van der Waals surface area contributed by atoms with Gasteiger partial charge in [-0.2, -0.15) is 8.42 Å². The van der Waals surface area contributed by atoms with E-state index in [9.17, 15) is 8.42 Å².